The second-order valence-electron chi connectivity index (χ2n) is 5.66. The maximum Gasteiger partial charge on any atom is 0.218 e. The molecule has 0 amide bonds. The molecule has 2 aromatic rings. The Labute approximate surface area is 158 Å². The number of aryl methyl sites for hydroxylation is 2. The van der Waals surface area contributed by atoms with Crippen molar-refractivity contribution in [1.29, 1.82) is 0 Å². The molecule has 0 aliphatic heterocycles. The highest BCUT2D eigenvalue weighted by molar-refractivity contribution is 7.11. The van der Waals surface area contributed by atoms with Crippen LogP contribution in [0.5, 0.6) is 5.88 Å². The third-order valence-corrected chi connectivity index (χ3v) is 4.88. The van der Waals surface area contributed by atoms with Crippen LogP contribution in [0, 0.1) is 13.8 Å². The smallest absolute Gasteiger partial charge is 0.218 e. The molecule has 0 atom stereocenters. The molecule has 0 saturated carbocycles. The minimum Gasteiger partial charge on any atom is -0.475 e. The molecule has 8 heteroatoms. The van der Waals surface area contributed by atoms with Gasteiger partial charge < -0.3 is 20.1 Å². The summed E-state index contributed by atoms with van der Waals surface area (Å²) in [6.45, 7) is 6.50. The van der Waals surface area contributed by atoms with Crippen molar-refractivity contribution in [3.63, 3.8) is 0 Å². The van der Waals surface area contributed by atoms with Gasteiger partial charge in [0, 0.05) is 50.3 Å². The number of hydrogen-bond acceptors (Lipinski definition) is 6. The Hall–Kier alpha value is -2.19. The number of aromatic nitrogens is 2. The molecule has 0 bridgehead atoms. The van der Waals surface area contributed by atoms with Crippen LogP contribution < -0.4 is 15.4 Å². The summed E-state index contributed by atoms with van der Waals surface area (Å²) in [5, 5.41) is 7.75. The summed E-state index contributed by atoms with van der Waals surface area (Å²) >= 11 is 1.75. The van der Waals surface area contributed by atoms with Gasteiger partial charge in [-0.15, -0.1) is 11.3 Å². The van der Waals surface area contributed by atoms with E-state index in [0.29, 0.717) is 25.6 Å². The molecule has 2 rings (SSSR count). The van der Waals surface area contributed by atoms with E-state index < -0.39 is 0 Å². The SMILES string of the molecule is CN=C(NCCc1nc(C)c(C)s1)NCc1cccnc1OCCOC. The Morgan fingerprint density at radius 3 is 2.81 bits per heavy atom. The number of thiazole rings is 1. The third-order valence-electron chi connectivity index (χ3n) is 3.75. The summed E-state index contributed by atoms with van der Waals surface area (Å²) < 4.78 is 10.7. The monoisotopic (exact) mass is 377 g/mol. The van der Waals surface area contributed by atoms with Crippen LogP contribution in [0.3, 0.4) is 0 Å². The maximum absolute atomic E-state index is 5.65. The van der Waals surface area contributed by atoms with E-state index in [-0.39, 0.29) is 0 Å². The van der Waals surface area contributed by atoms with Crippen molar-refractivity contribution in [2.75, 3.05) is 33.9 Å². The number of guanidine groups is 1. The topological polar surface area (TPSA) is 80.7 Å². The van der Waals surface area contributed by atoms with Gasteiger partial charge in [0.15, 0.2) is 5.96 Å². The van der Waals surface area contributed by atoms with Gasteiger partial charge in [-0.3, -0.25) is 4.99 Å². The normalized spacial score (nSPS) is 11.5. The Kier molecular flexibility index (Phi) is 8.30. The first-order valence-electron chi connectivity index (χ1n) is 8.57. The fourth-order valence-electron chi connectivity index (χ4n) is 2.24. The lowest BCUT2D eigenvalue weighted by molar-refractivity contribution is 0.143. The quantitative estimate of drug-likeness (QED) is 0.396. The summed E-state index contributed by atoms with van der Waals surface area (Å²) in [5.41, 5.74) is 2.09. The number of ether oxygens (including phenoxy) is 2. The van der Waals surface area contributed by atoms with Crippen LogP contribution >= 0.6 is 11.3 Å². The minimum absolute atomic E-state index is 0.472. The molecule has 0 saturated heterocycles. The predicted octanol–water partition coefficient (Wildman–Crippen LogP) is 2.09. The lowest BCUT2D eigenvalue weighted by Crippen LogP contribution is -2.38. The molecule has 0 aliphatic rings. The van der Waals surface area contributed by atoms with Crippen molar-refractivity contribution < 1.29 is 9.47 Å². The second-order valence-corrected chi connectivity index (χ2v) is 6.95. The largest absolute Gasteiger partial charge is 0.475 e. The van der Waals surface area contributed by atoms with E-state index in [1.165, 1.54) is 4.88 Å². The molecular weight excluding hydrogens is 350 g/mol. The first kappa shape index (κ1) is 20.1. The number of pyridine rings is 1. The summed E-state index contributed by atoms with van der Waals surface area (Å²) in [4.78, 5) is 14.4. The van der Waals surface area contributed by atoms with Gasteiger partial charge in [-0.05, 0) is 19.9 Å². The van der Waals surface area contributed by atoms with E-state index >= 15 is 0 Å². The maximum atomic E-state index is 5.65. The fourth-order valence-corrected chi connectivity index (χ4v) is 3.18. The molecule has 0 unspecified atom stereocenters. The van der Waals surface area contributed by atoms with Gasteiger partial charge in [-0.25, -0.2) is 9.97 Å². The average Bonchev–Trinajstić information content (AvgIpc) is 2.97. The van der Waals surface area contributed by atoms with Crippen LogP contribution in [0.2, 0.25) is 0 Å². The molecule has 2 N–H and O–H groups in total. The van der Waals surface area contributed by atoms with Crippen molar-refractivity contribution in [1.82, 2.24) is 20.6 Å². The van der Waals surface area contributed by atoms with E-state index in [1.54, 1.807) is 31.7 Å². The van der Waals surface area contributed by atoms with Crippen molar-refractivity contribution in [2.45, 2.75) is 26.8 Å². The summed E-state index contributed by atoms with van der Waals surface area (Å²) in [5.74, 6) is 1.35. The Bertz CT molecular complexity index is 698. The standard InChI is InChI=1S/C18H27N5O2S/c1-13-14(2)26-16(23-13)7-9-21-18(19-3)22-12-15-6-5-8-20-17(15)25-11-10-24-4/h5-6,8H,7,9-12H2,1-4H3,(H2,19,21,22). The Morgan fingerprint density at radius 1 is 1.27 bits per heavy atom. The molecule has 0 aliphatic carbocycles. The average molecular weight is 378 g/mol. The Morgan fingerprint density at radius 2 is 2.12 bits per heavy atom. The highest BCUT2D eigenvalue weighted by Crippen LogP contribution is 2.16. The second kappa shape index (κ2) is 10.7. The van der Waals surface area contributed by atoms with E-state index in [4.69, 9.17) is 9.47 Å². The van der Waals surface area contributed by atoms with E-state index in [9.17, 15) is 0 Å². The van der Waals surface area contributed by atoms with Gasteiger partial charge in [0.2, 0.25) is 5.88 Å². The molecule has 0 spiro atoms. The van der Waals surface area contributed by atoms with Gasteiger partial charge in [0.1, 0.15) is 6.61 Å². The Balaban J connectivity index is 1.81. The lowest BCUT2D eigenvalue weighted by Gasteiger charge is -2.13. The molecule has 0 aromatic carbocycles. The van der Waals surface area contributed by atoms with Crippen LogP contribution in [0.25, 0.3) is 0 Å². The van der Waals surface area contributed by atoms with Crippen LogP contribution in [0.4, 0.5) is 0 Å². The van der Waals surface area contributed by atoms with Gasteiger partial charge in [-0.1, -0.05) is 6.07 Å². The highest BCUT2D eigenvalue weighted by atomic mass is 32.1. The number of hydrogen-bond donors (Lipinski definition) is 2. The van der Waals surface area contributed by atoms with Crippen LogP contribution in [0.15, 0.2) is 23.3 Å². The van der Waals surface area contributed by atoms with E-state index in [0.717, 1.165) is 35.2 Å². The molecule has 2 heterocycles. The molecule has 2 aromatic heterocycles. The first-order chi connectivity index (χ1) is 12.6. The zero-order chi connectivity index (χ0) is 18.8. The van der Waals surface area contributed by atoms with Crippen LogP contribution in [-0.4, -0.2) is 49.8 Å². The summed E-state index contributed by atoms with van der Waals surface area (Å²) in [6.07, 6.45) is 2.59. The molecule has 142 valence electrons. The summed E-state index contributed by atoms with van der Waals surface area (Å²) in [7, 11) is 3.40. The fraction of sp³-hybridized carbons (Fsp3) is 0.500. The zero-order valence-corrected chi connectivity index (χ0v) is 16.7. The van der Waals surface area contributed by atoms with Crippen LogP contribution in [0.1, 0.15) is 21.1 Å². The number of methoxy groups -OCH3 is 1. The van der Waals surface area contributed by atoms with Crippen molar-refractivity contribution in [3.8, 4) is 5.88 Å². The summed E-state index contributed by atoms with van der Waals surface area (Å²) in [6, 6.07) is 3.88. The van der Waals surface area contributed by atoms with Crippen molar-refractivity contribution in [3.05, 3.63) is 39.5 Å². The number of nitrogens with zero attached hydrogens (tertiary/aromatic N) is 3. The molecule has 0 radical (unpaired) electrons. The van der Waals surface area contributed by atoms with Crippen molar-refractivity contribution in [2.24, 2.45) is 4.99 Å². The zero-order valence-electron chi connectivity index (χ0n) is 15.8. The number of rotatable bonds is 9. The van der Waals surface area contributed by atoms with Gasteiger partial charge in [0.25, 0.3) is 0 Å². The third kappa shape index (κ3) is 6.27. The number of aliphatic imine (C=N–C) groups is 1. The molecular formula is C18H27N5O2S. The molecule has 7 nitrogen and oxygen atoms in total. The highest BCUT2D eigenvalue weighted by Gasteiger charge is 2.07. The predicted molar refractivity (Wildman–Crippen MR) is 105 cm³/mol. The first-order valence-corrected chi connectivity index (χ1v) is 9.38. The minimum atomic E-state index is 0.472. The van der Waals surface area contributed by atoms with Crippen LogP contribution in [-0.2, 0) is 17.7 Å². The lowest BCUT2D eigenvalue weighted by atomic mass is 10.2. The molecule has 0 fully saturated rings. The van der Waals surface area contributed by atoms with Gasteiger partial charge >= 0.3 is 0 Å². The number of nitrogens with one attached hydrogen (secondary N) is 2. The van der Waals surface area contributed by atoms with Gasteiger partial charge in [0.05, 0.1) is 17.3 Å². The van der Waals surface area contributed by atoms with Gasteiger partial charge in [-0.2, -0.15) is 0 Å². The van der Waals surface area contributed by atoms with E-state index in [2.05, 4.69) is 32.5 Å². The van der Waals surface area contributed by atoms with E-state index in [1.807, 2.05) is 19.1 Å². The van der Waals surface area contributed by atoms with Crippen molar-refractivity contribution >= 4 is 17.3 Å². The molecule has 26 heavy (non-hydrogen) atoms.